The molecular formula is C19H24N2O2. The number of carbonyl (C=O) groups excluding carboxylic acids is 1. The Hall–Kier alpha value is -2.33. The Morgan fingerprint density at radius 1 is 1.22 bits per heavy atom. The molecule has 1 amide bonds. The Kier molecular flexibility index (Phi) is 5.77. The summed E-state index contributed by atoms with van der Waals surface area (Å²) < 4.78 is 0. The smallest absolute Gasteiger partial charge is 0.251 e. The van der Waals surface area contributed by atoms with Gasteiger partial charge < -0.3 is 10.4 Å². The predicted octanol–water partition coefficient (Wildman–Crippen LogP) is 3.33. The Morgan fingerprint density at radius 3 is 2.48 bits per heavy atom. The van der Waals surface area contributed by atoms with Crippen LogP contribution in [0.1, 0.15) is 41.4 Å². The fourth-order valence-electron chi connectivity index (χ4n) is 2.66. The molecule has 0 saturated carbocycles. The quantitative estimate of drug-likeness (QED) is 0.860. The largest absolute Gasteiger partial charge is 0.508 e. The third kappa shape index (κ3) is 4.33. The average molecular weight is 312 g/mol. The third-order valence-electron chi connectivity index (χ3n) is 4.14. The number of benzene rings is 2. The highest BCUT2D eigenvalue weighted by Gasteiger charge is 2.15. The molecule has 1 atom stereocenters. The summed E-state index contributed by atoms with van der Waals surface area (Å²) in [6.07, 6.45) is 0. The maximum atomic E-state index is 11.6. The van der Waals surface area contributed by atoms with E-state index in [0.29, 0.717) is 11.3 Å². The summed E-state index contributed by atoms with van der Waals surface area (Å²) in [5, 5.41) is 12.3. The van der Waals surface area contributed by atoms with Gasteiger partial charge in [0.1, 0.15) is 5.75 Å². The number of aromatic hydroxyl groups is 1. The summed E-state index contributed by atoms with van der Waals surface area (Å²) in [5.74, 6) is 0.220. The van der Waals surface area contributed by atoms with Crippen LogP contribution >= 0.6 is 0 Å². The minimum Gasteiger partial charge on any atom is -0.508 e. The van der Waals surface area contributed by atoms with Gasteiger partial charge in [-0.15, -0.1) is 0 Å². The van der Waals surface area contributed by atoms with Crippen molar-refractivity contribution in [3.63, 3.8) is 0 Å². The number of phenols is 1. The third-order valence-corrected chi connectivity index (χ3v) is 4.14. The molecule has 0 aromatic heterocycles. The number of carbonyl (C=O) groups is 1. The van der Waals surface area contributed by atoms with E-state index in [1.54, 1.807) is 13.1 Å². The van der Waals surface area contributed by atoms with Crippen LogP contribution in [0.25, 0.3) is 0 Å². The van der Waals surface area contributed by atoms with E-state index >= 15 is 0 Å². The zero-order valence-corrected chi connectivity index (χ0v) is 13.9. The van der Waals surface area contributed by atoms with E-state index in [2.05, 4.69) is 24.1 Å². The maximum Gasteiger partial charge on any atom is 0.251 e. The molecule has 0 heterocycles. The second kappa shape index (κ2) is 7.79. The molecule has 1 unspecified atom stereocenters. The number of hydrogen-bond donors (Lipinski definition) is 2. The van der Waals surface area contributed by atoms with Gasteiger partial charge in [-0.05, 0) is 48.9 Å². The van der Waals surface area contributed by atoms with Crippen molar-refractivity contribution in [2.24, 2.45) is 0 Å². The molecule has 2 rings (SSSR count). The number of hydrogen-bond acceptors (Lipinski definition) is 3. The summed E-state index contributed by atoms with van der Waals surface area (Å²) in [6, 6.07) is 15.3. The van der Waals surface area contributed by atoms with Crippen LogP contribution in [-0.4, -0.2) is 29.5 Å². The summed E-state index contributed by atoms with van der Waals surface area (Å²) in [7, 11) is 1.63. The van der Waals surface area contributed by atoms with Crippen LogP contribution in [0, 0.1) is 0 Å². The van der Waals surface area contributed by atoms with Crippen LogP contribution in [0.2, 0.25) is 0 Å². The zero-order valence-electron chi connectivity index (χ0n) is 13.9. The second-order valence-corrected chi connectivity index (χ2v) is 5.61. The fraction of sp³-hybridized carbons (Fsp3) is 0.316. The standard InChI is InChI=1S/C19H24N2O2/c1-4-21(14(2)17-6-5-7-18(22)12-17)13-15-8-10-16(11-9-15)19(23)20-3/h5-12,14,22H,4,13H2,1-3H3,(H,20,23). The van der Waals surface area contributed by atoms with Gasteiger partial charge in [-0.3, -0.25) is 9.69 Å². The van der Waals surface area contributed by atoms with E-state index in [1.165, 1.54) is 0 Å². The molecule has 0 aliphatic heterocycles. The Balaban J connectivity index is 2.11. The van der Waals surface area contributed by atoms with Gasteiger partial charge >= 0.3 is 0 Å². The van der Waals surface area contributed by atoms with Gasteiger partial charge in [0.15, 0.2) is 0 Å². The molecule has 0 spiro atoms. The van der Waals surface area contributed by atoms with Crippen molar-refractivity contribution in [3.8, 4) is 5.75 Å². The predicted molar refractivity (Wildman–Crippen MR) is 92.4 cm³/mol. The molecule has 0 saturated heterocycles. The minimum atomic E-state index is -0.0722. The number of rotatable bonds is 6. The average Bonchev–Trinajstić information content (AvgIpc) is 2.59. The molecule has 2 aromatic carbocycles. The molecule has 0 aliphatic rings. The number of amides is 1. The van der Waals surface area contributed by atoms with Gasteiger partial charge in [-0.2, -0.15) is 0 Å². The lowest BCUT2D eigenvalue weighted by molar-refractivity contribution is 0.0963. The first kappa shape index (κ1) is 17.0. The van der Waals surface area contributed by atoms with Crippen LogP contribution < -0.4 is 5.32 Å². The topological polar surface area (TPSA) is 52.6 Å². The van der Waals surface area contributed by atoms with E-state index in [0.717, 1.165) is 24.2 Å². The Labute approximate surface area is 137 Å². The van der Waals surface area contributed by atoms with Crippen LogP contribution in [0.5, 0.6) is 5.75 Å². The maximum absolute atomic E-state index is 11.6. The van der Waals surface area contributed by atoms with Gasteiger partial charge in [0, 0.05) is 25.2 Å². The van der Waals surface area contributed by atoms with Gasteiger partial charge in [0.05, 0.1) is 0 Å². The lowest BCUT2D eigenvalue weighted by Crippen LogP contribution is -2.26. The highest BCUT2D eigenvalue weighted by atomic mass is 16.3. The van der Waals surface area contributed by atoms with Crippen molar-refractivity contribution in [1.29, 1.82) is 0 Å². The van der Waals surface area contributed by atoms with E-state index in [9.17, 15) is 9.90 Å². The molecule has 122 valence electrons. The molecule has 2 N–H and O–H groups in total. The first-order valence-electron chi connectivity index (χ1n) is 7.89. The van der Waals surface area contributed by atoms with Gasteiger partial charge in [0.2, 0.25) is 0 Å². The van der Waals surface area contributed by atoms with Crippen LogP contribution in [-0.2, 0) is 6.54 Å². The van der Waals surface area contributed by atoms with E-state index in [1.807, 2.05) is 42.5 Å². The monoisotopic (exact) mass is 312 g/mol. The number of phenolic OH excluding ortho intramolecular Hbond substituents is 1. The normalized spacial score (nSPS) is 12.2. The Bertz CT molecular complexity index is 653. The van der Waals surface area contributed by atoms with Crippen molar-refractivity contribution >= 4 is 5.91 Å². The fourth-order valence-corrected chi connectivity index (χ4v) is 2.66. The first-order valence-corrected chi connectivity index (χ1v) is 7.89. The van der Waals surface area contributed by atoms with Gasteiger partial charge in [-0.25, -0.2) is 0 Å². The summed E-state index contributed by atoms with van der Waals surface area (Å²) in [6.45, 7) is 5.95. The van der Waals surface area contributed by atoms with Crippen LogP contribution in [0.4, 0.5) is 0 Å². The van der Waals surface area contributed by atoms with Gasteiger partial charge in [0.25, 0.3) is 5.91 Å². The first-order chi connectivity index (χ1) is 11.0. The van der Waals surface area contributed by atoms with Crippen molar-refractivity contribution in [2.45, 2.75) is 26.4 Å². The minimum absolute atomic E-state index is 0.0722. The SMILES string of the molecule is CCN(Cc1ccc(C(=O)NC)cc1)C(C)c1cccc(O)c1. The molecule has 23 heavy (non-hydrogen) atoms. The van der Waals surface area contributed by atoms with Crippen molar-refractivity contribution in [2.75, 3.05) is 13.6 Å². The molecule has 0 radical (unpaired) electrons. The highest BCUT2D eigenvalue weighted by Crippen LogP contribution is 2.24. The number of nitrogens with zero attached hydrogens (tertiary/aromatic N) is 1. The molecular weight excluding hydrogens is 288 g/mol. The second-order valence-electron chi connectivity index (χ2n) is 5.61. The van der Waals surface area contributed by atoms with Crippen LogP contribution in [0.3, 0.4) is 0 Å². The lowest BCUT2D eigenvalue weighted by atomic mass is 10.0. The molecule has 4 nitrogen and oxygen atoms in total. The van der Waals surface area contributed by atoms with E-state index < -0.39 is 0 Å². The summed E-state index contributed by atoms with van der Waals surface area (Å²) in [5.41, 5.74) is 2.92. The van der Waals surface area contributed by atoms with E-state index in [4.69, 9.17) is 0 Å². The van der Waals surface area contributed by atoms with Crippen LogP contribution in [0.15, 0.2) is 48.5 Å². The van der Waals surface area contributed by atoms with Crippen molar-refractivity contribution in [3.05, 3.63) is 65.2 Å². The molecule has 4 heteroatoms. The molecule has 0 aliphatic carbocycles. The molecule has 0 fully saturated rings. The Morgan fingerprint density at radius 2 is 1.91 bits per heavy atom. The number of nitrogens with one attached hydrogen (secondary N) is 1. The lowest BCUT2D eigenvalue weighted by Gasteiger charge is -2.28. The van der Waals surface area contributed by atoms with Crippen molar-refractivity contribution < 1.29 is 9.90 Å². The van der Waals surface area contributed by atoms with Gasteiger partial charge in [-0.1, -0.05) is 31.2 Å². The zero-order chi connectivity index (χ0) is 16.8. The molecule has 0 bridgehead atoms. The highest BCUT2D eigenvalue weighted by molar-refractivity contribution is 5.93. The van der Waals surface area contributed by atoms with E-state index in [-0.39, 0.29) is 11.9 Å². The summed E-state index contributed by atoms with van der Waals surface area (Å²) >= 11 is 0. The van der Waals surface area contributed by atoms with Crippen molar-refractivity contribution in [1.82, 2.24) is 10.2 Å². The summed E-state index contributed by atoms with van der Waals surface area (Å²) in [4.78, 5) is 13.9. The molecule has 2 aromatic rings.